The Kier molecular flexibility index (Phi) is 5.77. The zero-order valence-electron chi connectivity index (χ0n) is 12.1. The summed E-state index contributed by atoms with van der Waals surface area (Å²) in [5.41, 5.74) is 1.63. The van der Waals surface area contributed by atoms with Crippen molar-refractivity contribution in [3.8, 4) is 0 Å². The van der Waals surface area contributed by atoms with E-state index in [0.29, 0.717) is 6.71 Å². The second-order valence-electron chi connectivity index (χ2n) is 5.53. The monoisotopic (exact) mass is 348 g/mol. The van der Waals surface area contributed by atoms with Crippen molar-refractivity contribution in [3.05, 3.63) is 56.6 Å². The van der Waals surface area contributed by atoms with Crippen LogP contribution in [-0.2, 0) is 0 Å². The van der Waals surface area contributed by atoms with Crippen LogP contribution in [-0.4, -0.2) is 25.1 Å². The molecule has 0 N–H and O–H groups in total. The van der Waals surface area contributed by atoms with Crippen LogP contribution in [0.2, 0.25) is 16.2 Å². The van der Waals surface area contributed by atoms with Gasteiger partial charge in [-0.25, -0.2) is 0 Å². The quantitative estimate of drug-likeness (QED) is 0.472. The van der Waals surface area contributed by atoms with E-state index >= 15 is 0 Å². The Morgan fingerprint density at radius 2 is 1.78 bits per heavy atom. The first-order valence-corrected chi connectivity index (χ1v) is 15.3. The normalized spacial score (nSPS) is 20.4. The van der Waals surface area contributed by atoms with Crippen molar-refractivity contribution in [3.63, 3.8) is 0 Å². The van der Waals surface area contributed by atoms with E-state index in [1.54, 1.807) is 12.5 Å². The second-order valence-corrected chi connectivity index (χ2v) is 18.6. The van der Waals surface area contributed by atoms with Crippen molar-refractivity contribution in [2.75, 3.05) is 0 Å². The first kappa shape index (κ1) is 15.6. The summed E-state index contributed by atoms with van der Waals surface area (Å²) in [5.74, 6) is 0. The van der Waals surface area contributed by atoms with Gasteiger partial charge in [0.1, 0.15) is 0 Å². The van der Waals surface area contributed by atoms with Gasteiger partial charge >= 0.3 is 118 Å². The maximum absolute atomic E-state index is 3.93. The zero-order chi connectivity index (χ0) is 13.8. The number of hydrogen-bond donors (Lipinski definition) is 0. The zero-order valence-corrected chi connectivity index (χ0v) is 15.0. The van der Waals surface area contributed by atoms with E-state index in [9.17, 15) is 0 Å². The van der Waals surface area contributed by atoms with Crippen molar-refractivity contribution in [2.24, 2.45) is 0 Å². The maximum atomic E-state index is 3.93. The van der Waals surface area contributed by atoms with E-state index < -0.39 is 18.4 Å². The summed E-state index contributed by atoms with van der Waals surface area (Å²) < 4.78 is 3.45. The second kappa shape index (κ2) is 6.65. The predicted molar refractivity (Wildman–Crippen MR) is 88.7 cm³/mol. The Labute approximate surface area is 117 Å². The van der Waals surface area contributed by atoms with E-state index in [1.807, 2.05) is 12.2 Å². The van der Waals surface area contributed by atoms with Crippen LogP contribution in [0.4, 0.5) is 0 Å². The van der Waals surface area contributed by atoms with Crippen LogP contribution in [0, 0.1) is 0 Å². The molecule has 0 nitrogen and oxygen atoms in total. The molecule has 0 saturated carbocycles. The van der Waals surface area contributed by atoms with Gasteiger partial charge in [0.2, 0.25) is 0 Å². The molecule has 0 aliphatic carbocycles. The molecule has 0 aromatic heterocycles. The molecule has 0 spiro atoms. The summed E-state index contributed by atoms with van der Waals surface area (Å²) in [4.78, 5) is 5.07. The molecular weight excluding hydrogens is 322 g/mol. The van der Waals surface area contributed by atoms with Crippen LogP contribution in [0.5, 0.6) is 0 Å². The van der Waals surface area contributed by atoms with Crippen LogP contribution in [0.25, 0.3) is 0 Å². The van der Waals surface area contributed by atoms with Crippen LogP contribution in [0.3, 0.4) is 0 Å². The van der Waals surface area contributed by atoms with Crippen LogP contribution in [0.15, 0.2) is 56.6 Å². The molecule has 0 amide bonds. The molecule has 1 rings (SSSR count). The summed E-state index contributed by atoms with van der Waals surface area (Å²) in [7, 11) is 0. The molecule has 0 atom stereocenters. The Morgan fingerprint density at radius 1 is 1.11 bits per heavy atom. The Hall–Kier alpha value is -0.436. The van der Waals surface area contributed by atoms with E-state index in [-0.39, 0.29) is 0 Å². The van der Waals surface area contributed by atoms with Crippen LogP contribution in [0.1, 0.15) is 19.8 Å². The Balaban J connectivity index is 3.24. The number of hydrogen-bond acceptors (Lipinski definition) is 0. The minimum absolute atomic E-state index is 0.603. The molecule has 0 bridgehead atoms. The van der Waals surface area contributed by atoms with E-state index in [0.717, 1.165) is 19.2 Å². The molecule has 1 aliphatic heterocycles. The van der Waals surface area contributed by atoms with E-state index in [1.165, 1.54) is 0 Å². The van der Waals surface area contributed by atoms with Gasteiger partial charge in [-0.15, -0.1) is 0 Å². The molecule has 0 radical (unpaired) electrons. The van der Waals surface area contributed by atoms with Crippen LogP contribution < -0.4 is 0 Å². The molecule has 0 fully saturated rings. The van der Waals surface area contributed by atoms with Crippen molar-refractivity contribution < 1.29 is 0 Å². The molecule has 1 aliphatic rings. The van der Waals surface area contributed by atoms with Gasteiger partial charge in [-0.05, 0) is 0 Å². The standard InChI is InChI=1S/C14H19B.2CH3.Sn/c1-5-9-10-13-15(12-7-3)14(8-4)11-6-2;;;/h5-7,10H,1-3,9,11-12H2,4H3;2*1H3;. The minimum atomic E-state index is -2.22. The summed E-state index contributed by atoms with van der Waals surface area (Å²) in [6.45, 7) is 14.7. The van der Waals surface area contributed by atoms with E-state index in [4.69, 9.17) is 0 Å². The average Bonchev–Trinajstić information content (AvgIpc) is 2.49. The average molecular weight is 347 g/mol. The van der Waals surface area contributed by atoms with Gasteiger partial charge in [0.25, 0.3) is 0 Å². The Morgan fingerprint density at radius 3 is 2.28 bits per heavy atom. The van der Waals surface area contributed by atoms with Crippen LogP contribution >= 0.6 is 0 Å². The first-order chi connectivity index (χ1) is 8.50. The van der Waals surface area contributed by atoms with Gasteiger partial charge in [0, 0.05) is 0 Å². The molecule has 0 aromatic rings. The van der Waals surface area contributed by atoms with Gasteiger partial charge < -0.3 is 0 Å². The third-order valence-corrected chi connectivity index (χ3v) is 16.2. The summed E-state index contributed by atoms with van der Waals surface area (Å²) in [6.07, 6.45) is 11.7. The molecule has 0 aromatic carbocycles. The summed E-state index contributed by atoms with van der Waals surface area (Å²) >= 11 is -2.22. The van der Waals surface area contributed by atoms with Crippen molar-refractivity contribution in [1.82, 2.24) is 0 Å². The van der Waals surface area contributed by atoms with Gasteiger partial charge in [-0.3, -0.25) is 0 Å². The molecule has 1 heterocycles. The third kappa shape index (κ3) is 2.93. The number of allylic oxidation sites excluding steroid dienone is 6. The van der Waals surface area contributed by atoms with Gasteiger partial charge in [-0.2, -0.15) is 0 Å². The molecule has 18 heavy (non-hydrogen) atoms. The fourth-order valence-electron chi connectivity index (χ4n) is 3.00. The SMILES string of the molecule is C=CC/C=[C]1\B(CC=C)C(CC=C)=[C](C)[Sn]1([CH3])[CH3]. The fourth-order valence-corrected chi connectivity index (χ4v) is 12.4. The first-order valence-electron chi connectivity index (χ1n) is 6.74. The van der Waals surface area contributed by atoms with Gasteiger partial charge in [-0.1, -0.05) is 0 Å². The topological polar surface area (TPSA) is 0 Å². The van der Waals surface area contributed by atoms with E-state index in [2.05, 4.69) is 48.7 Å². The number of rotatable bonds is 6. The summed E-state index contributed by atoms with van der Waals surface area (Å²) in [5, 5.41) is 0. The van der Waals surface area contributed by atoms with Crippen molar-refractivity contribution >= 4 is 25.1 Å². The molecule has 0 unspecified atom stereocenters. The predicted octanol–water partition coefficient (Wildman–Crippen LogP) is 4.94. The fraction of sp³-hybridized carbons (Fsp3) is 0.375. The molecule has 96 valence electrons. The van der Waals surface area contributed by atoms with Crippen molar-refractivity contribution in [1.29, 1.82) is 0 Å². The summed E-state index contributed by atoms with van der Waals surface area (Å²) in [6, 6.07) is 0. The Bertz CT molecular complexity index is 413. The third-order valence-electron chi connectivity index (χ3n) is 4.21. The molecule has 2 heteroatoms. The molecule has 0 saturated heterocycles. The van der Waals surface area contributed by atoms with Crippen molar-refractivity contribution in [2.45, 2.75) is 36.0 Å². The molecular formula is C16H25BSn. The van der Waals surface area contributed by atoms with Gasteiger partial charge in [0.15, 0.2) is 0 Å². The van der Waals surface area contributed by atoms with Gasteiger partial charge in [0.05, 0.1) is 0 Å².